The van der Waals surface area contributed by atoms with Gasteiger partial charge in [0.05, 0.1) is 6.21 Å². The van der Waals surface area contributed by atoms with Crippen LogP contribution < -0.4 is 10.7 Å². The Morgan fingerprint density at radius 3 is 2.47 bits per heavy atom. The predicted molar refractivity (Wildman–Crippen MR) is 86.9 cm³/mol. The van der Waals surface area contributed by atoms with E-state index in [4.69, 9.17) is 12.2 Å². The van der Waals surface area contributed by atoms with Crippen LogP contribution in [-0.4, -0.2) is 17.9 Å². The lowest BCUT2D eigenvalue weighted by Gasteiger charge is -2.08. The van der Waals surface area contributed by atoms with Crippen LogP contribution in [0, 0.1) is 20.8 Å². The second-order valence-corrected chi connectivity index (χ2v) is 5.20. The third kappa shape index (κ3) is 5.39. The topological polar surface area (TPSA) is 36.4 Å². The zero-order chi connectivity index (χ0) is 14.3. The van der Waals surface area contributed by atoms with Gasteiger partial charge in [-0.25, -0.2) is 0 Å². The Kier molecular flexibility index (Phi) is 6.50. The van der Waals surface area contributed by atoms with Crippen molar-refractivity contribution in [1.29, 1.82) is 0 Å². The highest BCUT2D eigenvalue weighted by Crippen LogP contribution is 2.13. The molecular formula is C15H23N3S. The van der Waals surface area contributed by atoms with Gasteiger partial charge in [0.1, 0.15) is 0 Å². The van der Waals surface area contributed by atoms with Gasteiger partial charge in [-0.15, -0.1) is 0 Å². The molecule has 0 heterocycles. The average Bonchev–Trinajstić information content (AvgIpc) is 2.32. The number of benzene rings is 1. The molecule has 0 unspecified atom stereocenters. The number of unbranched alkanes of at least 4 members (excludes halogenated alkanes) is 1. The molecular weight excluding hydrogens is 254 g/mol. The number of thiocarbonyl (C=S) groups is 1. The summed E-state index contributed by atoms with van der Waals surface area (Å²) in [5, 5.41) is 7.88. The molecule has 0 aliphatic rings. The molecule has 0 aliphatic heterocycles. The summed E-state index contributed by atoms with van der Waals surface area (Å²) in [6.07, 6.45) is 4.10. The van der Waals surface area contributed by atoms with Crippen molar-refractivity contribution in [3.8, 4) is 0 Å². The minimum Gasteiger partial charge on any atom is -0.361 e. The number of hydrogen-bond acceptors (Lipinski definition) is 2. The van der Waals surface area contributed by atoms with Crippen molar-refractivity contribution in [3.05, 3.63) is 34.4 Å². The van der Waals surface area contributed by atoms with Crippen molar-refractivity contribution < 1.29 is 0 Å². The molecule has 0 saturated carbocycles. The van der Waals surface area contributed by atoms with Gasteiger partial charge in [0, 0.05) is 12.1 Å². The molecule has 0 atom stereocenters. The largest absolute Gasteiger partial charge is 0.361 e. The fraction of sp³-hybridized carbons (Fsp3) is 0.467. The second kappa shape index (κ2) is 7.89. The Hall–Kier alpha value is -1.42. The van der Waals surface area contributed by atoms with Gasteiger partial charge < -0.3 is 5.32 Å². The first-order valence-corrected chi connectivity index (χ1v) is 7.10. The number of nitrogens with zero attached hydrogens (tertiary/aromatic N) is 1. The highest BCUT2D eigenvalue weighted by Gasteiger charge is 2.00. The van der Waals surface area contributed by atoms with E-state index >= 15 is 0 Å². The minimum atomic E-state index is 0.576. The van der Waals surface area contributed by atoms with Gasteiger partial charge in [0.15, 0.2) is 5.11 Å². The van der Waals surface area contributed by atoms with Gasteiger partial charge in [-0.2, -0.15) is 5.10 Å². The van der Waals surface area contributed by atoms with Gasteiger partial charge in [0.2, 0.25) is 0 Å². The van der Waals surface area contributed by atoms with Crippen LogP contribution in [0.15, 0.2) is 17.2 Å². The van der Waals surface area contributed by atoms with E-state index in [0.29, 0.717) is 5.11 Å². The normalized spacial score (nSPS) is 10.7. The molecule has 1 rings (SSSR count). The van der Waals surface area contributed by atoms with Crippen LogP contribution in [0.4, 0.5) is 0 Å². The van der Waals surface area contributed by atoms with E-state index in [1.807, 2.05) is 6.21 Å². The van der Waals surface area contributed by atoms with Gasteiger partial charge in [-0.05, 0) is 50.5 Å². The molecule has 4 heteroatoms. The summed E-state index contributed by atoms with van der Waals surface area (Å²) in [4.78, 5) is 0. The first-order chi connectivity index (χ1) is 9.04. The molecule has 19 heavy (non-hydrogen) atoms. The summed E-state index contributed by atoms with van der Waals surface area (Å²) in [6, 6.07) is 4.32. The molecule has 0 spiro atoms. The monoisotopic (exact) mass is 277 g/mol. The Labute approximate surface area is 121 Å². The Morgan fingerprint density at radius 1 is 1.26 bits per heavy atom. The number of rotatable bonds is 5. The highest BCUT2D eigenvalue weighted by atomic mass is 32.1. The van der Waals surface area contributed by atoms with Crippen LogP contribution in [0.25, 0.3) is 0 Å². The summed E-state index contributed by atoms with van der Waals surface area (Å²) in [7, 11) is 0. The van der Waals surface area contributed by atoms with E-state index < -0.39 is 0 Å². The Morgan fingerprint density at radius 2 is 1.89 bits per heavy atom. The van der Waals surface area contributed by atoms with Crippen molar-refractivity contribution in [3.63, 3.8) is 0 Å². The summed E-state index contributed by atoms with van der Waals surface area (Å²) in [6.45, 7) is 9.34. The number of hydrazone groups is 1. The SMILES string of the molecule is CCCCNC(=S)NN=Cc1c(C)cc(C)cc1C. The molecule has 0 saturated heterocycles. The second-order valence-electron chi connectivity index (χ2n) is 4.79. The van der Waals surface area contributed by atoms with Crippen LogP contribution in [0.5, 0.6) is 0 Å². The molecule has 0 fully saturated rings. The number of aryl methyl sites for hydroxylation is 3. The lowest BCUT2D eigenvalue weighted by molar-refractivity contribution is 0.745. The first kappa shape index (κ1) is 15.6. The number of hydrogen-bond donors (Lipinski definition) is 2. The highest BCUT2D eigenvalue weighted by molar-refractivity contribution is 7.80. The Balaban J connectivity index is 2.55. The molecule has 3 nitrogen and oxygen atoms in total. The standard InChI is InChI=1S/C15H23N3S/c1-5-6-7-16-15(19)18-17-10-14-12(3)8-11(2)9-13(14)4/h8-10H,5-7H2,1-4H3,(H2,16,18,19). The maximum Gasteiger partial charge on any atom is 0.186 e. The van der Waals surface area contributed by atoms with Crippen molar-refractivity contribution in [1.82, 2.24) is 10.7 Å². The van der Waals surface area contributed by atoms with E-state index in [0.717, 1.165) is 24.9 Å². The molecule has 0 bridgehead atoms. The van der Waals surface area contributed by atoms with Crippen LogP contribution in [0.3, 0.4) is 0 Å². The maximum absolute atomic E-state index is 5.13. The molecule has 104 valence electrons. The van der Waals surface area contributed by atoms with Crippen LogP contribution >= 0.6 is 12.2 Å². The maximum atomic E-state index is 5.13. The van der Waals surface area contributed by atoms with Gasteiger partial charge in [0.25, 0.3) is 0 Å². The van der Waals surface area contributed by atoms with Gasteiger partial charge in [-0.3, -0.25) is 5.43 Å². The lowest BCUT2D eigenvalue weighted by Crippen LogP contribution is -2.32. The molecule has 0 aliphatic carbocycles. The van der Waals surface area contributed by atoms with Crippen molar-refractivity contribution >= 4 is 23.5 Å². The van der Waals surface area contributed by atoms with Crippen molar-refractivity contribution in [2.75, 3.05) is 6.54 Å². The van der Waals surface area contributed by atoms with E-state index in [-0.39, 0.29) is 0 Å². The predicted octanol–water partition coefficient (Wildman–Crippen LogP) is 3.21. The van der Waals surface area contributed by atoms with Crippen LogP contribution in [0.1, 0.15) is 42.0 Å². The minimum absolute atomic E-state index is 0.576. The van der Waals surface area contributed by atoms with Crippen LogP contribution in [-0.2, 0) is 0 Å². The van der Waals surface area contributed by atoms with E-state index in [1.54, 1.807) is 0 Å². The zero-order valence-corrected chi connectivity index (χ0v) is 13.0. The smallest absolute Gasteiger partial charge is 0.186 e. The van der Waals surface area contributed by atoms with Crippen LogP contribution in [0.2, 0.25) is 0 Å². The number of nitrogens with one attached hydrogen (secondary N) is 2. The summed E-state index contributed by atoms with van der Waals surface area (Å²) in [5.74, 6) is 0. The van der Waals surface area contributed by atoms with E-state index in [2.05, 4.69) is 55.7 Å². The molecule has 0 amide bonds. The van der Waals surface area contributed by atoms with E-state index in [1.165, 1.54) is 16.7 Å². The molecule has 0 radical (unpaired) electrons. The van der Waals surface area contributed by atoms with Gasteiger partial charge in [-0.1, -0.05) is 31.0 Å². The average molecular weight is 277 g/mol. The third-order valence-electron chi connectivity index (χ3n) is 2.91. The Bertz CT molecular complexity index is 443. The summed E-state index contributed by atoms with van der Waals surface area (Å²) >= 11 is 5.13. The summed E-state index contributed by atoms with van der Waals surface area (Å²) < 4.78 is 0. The lowest BCUT2D eigenvalue weighted by atomic mass is 10.0. The fourth-order valence-electron chi connectivity index (χ4n) is 1.97. The molecule has 2 N–H and O–H groups in total. The third-order valence-corrected chi connectivity index (χ3v) is 3.15. The van der Waals surface area contributed by atoms with Gasteiger partial charge >= 0.3 is 0 Å². The first-order valence-electron chi connectivity index (χ1n) is 6.69. The van der Waals surface area contributed by atoms with Crippen molar-refractivity contribution in [2.45, 2.75) is 40.5 Å². The van der Waals surface area contributed by atoms with E-state index in [9.17, 15) is 0 Å². The quantitative estimate of drug-likeness (QED) is 0.375. The molecule has 0 aromatic heterocycles. The van der Waals surface area contributed by atoms with Crippen molar-refractivity contribution in [2.24, 2.45) is 5.10 Å². The summed E-state index contributed by atoms with van der Waals surface area (Å²) in [5.41, 5.74) is 7.73. The fourth-order valence-corrected chi connectivity index (χ4v) is 2.12. The molecule has 1 aromatic carbocycles. The molecule has 1 aromatic rings. The zero-order valence-electron chi connectivity index (χ0n) is 12.2.